The van der Waals surface area contributed by atoms with E-state index in [1.807, 2.05) is 72.8 Å². The second kappa shape index (κ2) is 20.2. The zero-order chi connectivity index (χ0) is 37.7. The first-order valence-electron chi connectivity index (χ1n) is 18.1. The molecule has 4 aromatic rings. The van der Waals surface area contributed by atoms with E-state index in [1.165, 1.54) is 11.1 Å². The van der Waals surface area contributed by atoms with Crippen LogP contribution in [0, 0.1) is 0 Å². The summed E-state index contributed by atoms with van der Waals surface area (Å²) < 4.78 is 0. The summed E-state index contributed by atoms with van der Waals surface area (Å²) in [4.78, 5) is 9.54. The maximum Gasteiger partial charge on any atom is 4.00 e. The second-order valence-corrected chi connectivity index (χ2v) is 17.3. The molecule has 0 amide bonds. The summed E-state index contributed by atoms with van der Waals surface area (Å²) in [5, 5.41) is 26.4. The van der Waals surface area contributed by atoms with Crippen molar-refractivity contribution < 1.29 is 56.7 Å². The molecule has 0 aliphatic rings. The Morgan fingerprint density at radius 3 is 0.981 bits per heavy atom. The average Bonchev–Trinajstić information content (AvgIpc) is 3.02. The minimum atomic E-state index is -0.196. The SMILES string of the molecule is CCC(=Nc1ccccc1)c1cc(C(C)(C)C)cc(C(C)(C)C)c1[O-].CCC(=Nc1ccccc1)c1cc(C(C)(C)C)cc(C(C)(C)C)c1[O-].[Cl-].[Cl-].[Ti+4]. The van der Waals surface area contributed by atoms with Crippen LogP contribution in [0.2, 0.25) is 0 Å². The number of para-hydroxylation sites is 2. The fourth-order valence-corrected chi connectivity index (χ4v) is 5.64. The number of nitrogens with zero attached hydrogens (tertiary/aromatic N) is 2. The van der Waals surface area contributed by atoms with Crippen LogP contribution in [0.25, 0.3) is 0 Å². The van der Waals surface area contributed by atoms with Gasteiger partial charge in [0.05, 0.1) is 11.4 Å². The zero-order valence-electron chi connectivity index (χ0n) is 34.5. The van der Waals surface area contributed by atoms with E-state index in [1.54, 1.807) is 0 Å². The largest absolute Gasteiger partial charge is 4.00 e. The molecule has 284 valence electrons. The average molecular weight is 792 g/mol. The van der Waals surface area contributed by atoms with Crippen LogP contribution in [-0.2, 0) is 43.4 Å². The summed E-state index contributed by atoms with van der Waals surface area (Å²) in [7, 11) is 0. The van der Waals surface area contributed by atoms with Crippen LogP contribution in [0.15, 0.2) is 94.9 Å². The molecule has 0 radical (unpaired) electrons. The quantitative estimate of drug-likeness (QED) is 0.184. The van der Waals surface area contributed by atoms with Gasteiger partial charge < -0.3 is 35.0 Å². The van der Waals surface area contributed by atoms with E-state index in [2.05, 4.69) is 109 Å². The van der Waals surface area contributed by atoms with Crippen LogP contribution >= 0.6 is 0 Å². The molecule has 0 unspecified atom stereocenters. The molecule has 0 aliphatic carbocycles. The molecule has 0 saturated heterocycles. The Morgan fingerprint density at radius 2 is 0.755 bits per heavy atom. The summed E-state index contributed by atoms with van der Waals surface area (Å²) in [6.07, 6.45) is 1.45. The first-order valence-corrected chi connectivity index (χ1v) is 18.1. The molecule has 4 nitrogen and oxygen atoms in total. The molecule has 53 heavy (non-hydrogen) atoms. The molecule has 0 fully saturated rings. The third-order valence-electron chi connectivity index (χ3n) is 8.86. The van der Waals surface area contributed by atoms with Crippen molar-refractivity contribution in [3.63, 3.8) is 0 Å². The van der Waals surface area contributed by atoms with E-state index in [0.29, 0.717) is 0 Å². The standard InChI is InChI=1S/2C23H31NO.2ClH.Ti/c2*1-8-20(24-17-12-10-9-11-13-17)18-14-16(22(2,3)4)15-19(21(18)25)23(5,6)7;;;/h2*9-15,25H,8H2,1-7H3;2*1H;/q;;;;+4/p-4. The Balaban J connectivity index is 0.000000966. The fraction of sp³-hybridized carbons (Fsp3) is 0.435. The first-order chi connectivity index (χ1) is 23.1. The van der Waals surface area contributed by atoms with Crippen LogP contribution in [0.1, 0.15) is 143 Å². The summed E-state index contributed by atoms with van der Waals surface area (Å²) >= 11 is 0. The number of hydrogen-bond acceptors (Lipinski definition) is 4. The van der Waals surface area contributed by atoms with Crippen LogP contribution in [-0.4, -0.2) is 11.4 Å². The number of hydrogen-bond donors (Lipinski definition) is 0. The Kier molecular flexibility index (Phi) is 19.1. The van der Waals surface area contributed by atoms with Crippen molar-refractivity contribution in [3.05, 3.63) is 118 Å². The van der Waals surface area contributed by atoms with Gasteiger partial charge in [0.25, 0.3) is 0 Å². The van der Waals surface area contributed by atoms with Gasteiger partial charge in [-0.15, -0.1) is 0 Å². The van der Waals surface area contributed by atoms with E-state index in [0.717, 1.165) is 57.9 Å². The second-order valence-electron chi connectivity index (χ2n) is 17.3. The van der Waals surface area contributed by atoms with Crippen molar-refractivity contribution in [1.82, 2.24) is 0 Å². The van der Waals surface area contributed by atoms with Gasteiger partial charge in [0.15, 0.2) is 0 Å². The van der Waals surface area contributed by atoms with Crippen molar-refractivity contribution in [2.24, 2.45) is 9.98 Å². The van der Waals surface area contributed by atoms with E-state index in [-0.39, 0.29) is 79.7 Å². The maximum absolute atomic E-state index is 13.2. The maximum atomic E-state index is 13.2. The van der Waals surface area contributed by atoms with Crippen LogP contribution in [0.3, 0.4) is 0 Å². The molecule has 0 atom stereocenters. The summed E-state index contributed by atoms with van der Waals surface area (Å²) in [6.45, 7) is 29.8. The van der Waals surface area contributed by atoms with E-state index < -0.39 is 0 Å². The molecular formula is C46H60Cl2N2O2Ti. The van der Waals surface area contributed by atoms with E-state index in [9.17, 15) is 10.2 Å². The van der Waals surface area contributed by atoms with Gasteiger partial charge in [-0.25, -0.2) is 0 Å². The molecule has 0 heterocycles. The van der Waals surface area contributed by atoms with Crippen LogP contribution < -0.4 is 35.0 Å². The van der Waals surface area contributed by atoms with Crippen molar-refractivity contribution in [1.29, 1.82) is 0 Å². The van der Waals surface area contributed by atoms with Crippen molar-refractivity contribution in [2.75, 3.05) is 0 Å². The number of rotatable bonds is 6. The molecule has 0 bridgehead atoms. The van der Waals surface area contributed by atoms with Gasteiger partial charge in [0.2, 0.25) is 0 Å². The minimum absolute atomic E-state index is 0. The van der Waals surface area contributed by atoms with Crippen molar-refractivity contribution in [2.45, 2.75) is 131 Å². The predicted molar refractivity (Wildman–Crippen MR) is 212 cm³/mol. The van der Waals surface area contributed by atoms with Gasteiger partial charge in [0.1, 0.15) is 0 Å². The normalized spacial score (nSPS) is 12.4. The van der Waals surface area contributed by atoms with Crippen molar-refractivity contribution >= 4 is 22.8 Å². The molecule has 4 rings (SSSR count). The van der Waals surface area contributed by atoms with Gasteiger partial charge in [-0.05, 0) is 104 Å². The predicted octanol–water partition coefficient (Wildman–Crippen LogP) is 5.78. The molecule has 0 aromatic heterocycles. The summed E-state index contributed by atoms with van der Waals surface area (Å²) in [6, 6.07) is 28.0. The molecule has 0 aliphatic heterocycles. The molecule has 7 heteroatoms. The van der Waals surface area contributed by atoms with Gasteiger partial charge >= 0.3 is 21.7 Å². The van der Waals surface area contributed by atoms with E-state index in [4.69, 9.17) is 9.98 Å². The molecule has 0 spiro atoms. The third kappa shape index (κ3) is 13.7. The molecule has 0 N–H and O–H groups in total. The van der Waals surface area contributed by atoms with Gasteiger partial charge in [-0.2, -0.15) is 0 Å². The van der Waals surface area contributed by atoms with Gasteiger partial charge in [0, 0.05) is 11.4 Å². The van der Waals surface area contributed by atoms with E-state index >= 15 is 0 Å². The Morgan fingerprint density at radius 1 is 0.472 bits per heavy atom. The zero-order valence-corrected chi connectivity index (χ0v) is 37.5. The Labute approximate surface area is 348 Å². The molecular weight excluding hydrogens is 731 g/mol. The molecule has 0 saturated carbocycles. The van der Waals surface area contributed by atoms with Crippen LogP contribution in [0.4, 0.5) is 11.4 Å². The first kappa shape index (κ1) is 50.1. The fourth-order valence-electron chi connectivity index (χ4n) is 5.64. The van der Waals surface area contributed by atoms with Crippen molar-refractivity contribution in [3.8, 4) is 11.5 Å². The number of halogens is 2. The minimum Gasteiger partial charge on any atom is -1.00 e. The van der Waals surface area contributed by atoms with Gasteiger partial charge in [-0.3, -0.25) is 9.98 Å². The number of benzene rings is 4. The summed E-state index contributed by atoms with van der Waals surface area (Å²) in [5.41, 5.74) is 8.62. The van der Waals surface area contributed by atoms with Gasteiger partial charge in [-0.1, -0.05) is 157 Å². The smallest absolute Gasteiger partial charge is 1.00 e. The third-order valence-corrected chi connectivity index (χ3v) is 8.86. The Hall–Kier alpha value is -2.89. The topological polar surface area (TPSA) is 70.8 Å². The summed E-state index contributed by atoms with van der Waals surface area (Å²) in [5.74, 6) is 0.217. The monoisotopic (exact) mass is 790 g/mol. The van der Waals surface area contributed by atoms with Crippen LogP contribution in [0.5, 0.6) is 11.5 Å². The number of aliphatic imine (C=N–C) groups is 2. The Bertz CT molecular complexity index is 1670. The molecule has 4 aromatic carbocycles.